The van der Waals surface area contributed by atoms with Crippen molar-refractivity contribution in [2.75, 3.05) is 32.8 Å². The molecule has 1 rings (SSSR count). The second kappa shape index (κ2) is 12.4. The van der Waals surface area contributed by atoms with Gasteiger partial charge in [0, 0.05) is 19.5 Å². The zero-order valence-electron chi connectivity index (χ0n) is 14.1. The van der Waals surface area contributed by atoms with Crippen LogP contribution in [0.1, 0.15) is 64.7 Å². The van der Waals surface area contributed by atoms with Gasteiger partial charge in [-0.05, 0) is 6.42 Å². The van der Waals surface area contributed by atoms with E-state index in [4.69, 9.17) is 9.84 Å². The van der Waals surface area contributed by atoms with Gasteiger partial charge >= 0.3 is 5.97 Å². The maximum Gasteiger partial charge on any atom is 0.305 e. The van der Waals surface area contributed by atoms with E-state index in [1.807, 2.05) is 0 Å². The van der Waals surface area contributed by atoms with E-state index >= 15 is 0 Å². The van der Waals surface area contributed by atoms with Gasteiger partial charge in [-0.2, -0.15) is 0 Å². The van der Waals surface area contributed by atoms with Crippen molar-refractivity contribution >= 4 is 11.8 Å². The molecule has 0 atom stereocenters. The lowest BCUT2D eigenvalue weighted by Gasteiger charge is -2.20. The van der Waals surface area contributed by atoms with E-state index in [1.165, 1.54) is 50.8 Å². The molecule has 0 fully saturated rings. The van der Waals surface area contributed by atoms with Gasteiger partial charge in [0.1, 0.15) is 0 Å². The number of unbranched alkanes of at least 4 members (excludes halogenated alkanes) is 6. The lowest BCUT2D eigenvalue weighted by Crippen LogP contribution is -2.31. The predicted molar refractivity (Wildman–Crippen MR) is 89.6 cm³/mol. The highest BCUT2D eigenvalue weighted by atomic mass is 16.5. The first-order valence-electron chi connectivity index (χ1n) is 8.82. The highest BCUT2D eigenvalue weighted by molar-refractivity contribution is 5.83. The van der Waals surface area contributed by atoms with Gasteiger partial charge in [0.05, 0.1) is 32.0 Å². The van der Waals surface area contributed by atoms with E-state index in [9.17, 15) is 4.79 Å². The summed E-state index contributed by atoms with van der Waals surface area (Å²) in [6, 6.07) is 0. The second-order valence-corrected chi connectivity index (χ2v) is 5.91. The molecule has 5 heteroatoms. The number of carboxylic acids is 1. The summed E-state index contributed by atoms with van der Waals surface area (Å²) >= 11 is 0. The molecule has 0 aromatic rings. The lowest BCUT2D eigenvalue weighted by molar-refractivity contribution is -0.138. The fraction of sp³-hybridized carbons (Fsp3) is 0.882. The number of carboxylic acid groups (broad SMARTS) is 1. The maximum atomic E-state index is 10.4. The first kappa shape index (κ1) is 18.9. The van der Waals surface area contributed by atoms with Crippen LogP contribution in [0.15, 0.2) is 4.99 Å². The molecule has 0 unspecified atom stereocenters. The number of hydrogen-bond acceptors (Lipinski definition) is 4. The van der Waals surface area contributed by atoms with Crippen LogP contribution in [0.5, 0.6) is 0 Å². The average Bonchev–Trinajstić information content (AvgIpc) is 2.93. The Bertz CT molecular complexity index is 332. The third-order valence-corrected chi connectivity index (χ3v) is 4.00. The summed E-state index contributed by atoms with van der Waals surface area (Å²) in [5.41, 5.74) is 0. The molecule has 1 heterocycles. The number of nitrogens with zero attached hydrogens (tertiary/aromatic N) is 2. The van der Waals surface area contributed by atoms with Gasteiger partial charge in [0.2, 0.25) is 0 Å². The van der Waals surface area contributed by atoms with Crippen molar-refractivity contribution in [1.29, 1.82) is 0 Å². The molecule has 1 aliphatic rings. The monoisotopic (exact) mass is 312 g/mol. The van der Waals surface area contributed by atoms with E-state index < -0.39 is 5.97 Å². The van der Waals surface area contributed by atoms with Crippen molar-refractivity contribution in [1.82, 2.24) is 4.90 Å². The van der Waals surface area contributed by atoms with Crippen molar-refractivity contribution in [2.24, 2.45) is 4.99 Å². The van der Waals surface area contributed by atoms with Gasteiger partial charge < -0.3 is 14.7 Å². The molecule has 0 aromatic heterocycles. The first-order chi connectivity index (χ1) is 10.7. The van der Waals surface area contributed by atoms with Crippen LogP contribution in [0, 0.1) is 0 Å². The number of rotatable bonds is 14. The molecule has 0 saturated carbocycles. The van der Waals surface area contributed by atoms with Crippen molar-refractivity contribution in [3.63, 3.8) is 0 Å². The molecule has 1 aliphatic heterocycles. The largest absolute Gasteiger partial charge is 0.481 e. The molecule has 128 valence electrons. The van der Waals surface area contributed by atoms with Crippen LogP contribution in [0.2, 0.25) is 0 Å². The van der Waals surface area contributed by atoms with Crippen LogP contribution in [-0.2, 0) is 9.53 Å². The summed E-state index contributed by atoms with van der Waals surface area (Å²) in [6.45, 7) is 5.83. The summed E-state index contributed by atoms with van der Waals surface area (Å²) in [6.07, 6.45) is 10.4. The van der Waals surface area contributed by atoms with Crippen LogP contribution in [0.3, 0.4) is 0 Å². The Kier molecular flexibility index (Phi) is 10.7. The molecular formula is C17H32N2O3. The maximum absolute atomic E-state index is 10.4. The predicted octanol–water partition coefficient (Wildman–Crippen LogP) is 3.33. The Hall–Kier alpha value is -1.10. The number of carbonyl (C=O) groups is 1. The number of aliphatic imine (C=N–C) groups is 1. The zero-order chi connectivity index (χ0) is 16.0. The summed E-state index contributed by atoms with van der Waals surface area (Å²) in [5.74, 6) is 0.415. The van der Waals surface area contributed by atoms with Gasteiger partial charge in [-0.1, -0.05) is 45.4 Å². The fourth-order valence-electron chi connectivity index (χ4n) is 2.68. The molecule has 0 amide bonds. The van der Waals surface area contributed by atoms with Crippen LogP contribution in [-0.4, -0.2) is 54.7 Å². The summed E-state index contributed by atoms with van der Waals surface area (Å²) in [4.78, 5) is 17.3. The number of hydrogen-bond donors (Lipinski definition) is 1. The Morgan fingerprint density at radius 1 is 1.18 bits per heavy atom. The minimum atomic E-state index is -0.803. The van der Waals surface area contributed by atoms with Crippen LogP contribution in [0.4, 0.5) is 0 Å². The van der Waals surface area contributed by atoms with Crippen molar-refractivity contribution in [2.45, 2.75) is 64.7 Å². The topological polar surface area (TPSA) is 62.1 Å². The quantitative estimate of drug-likeness (QED) is 0.500. The SMILES string of the molecule is CCCCCCCCCC1=NCCN1CCOCCC(=O)O. The molecule has 0 bridgehead atoms. The number of amidine groups is 1. The standard InChI is InChI=1S/C17H32N2O3/c1-2-3-4-5-6-7-8-9-16-18-11-12-19(16)13-15-22-14-10-17(20)21/h2-15H2,1H3,(H,20,21). The van der Waals surface area contributed by atoms with E-state index in [-0.39, 0.29) is 6.42 Å². The van der Waals surface area contributed by atoms with Gasteiger partial charge in [-0.3, -0.25) is 9.79 Å². The number of ether oxygens (including phenoxy) is 1. The third kappa shape index (κ3) is 9.03. The lowest BCUT2D eigenvalue weighted by atomic mass is 10.1. The molecule has 0 radical (unpaired) electrons. The van der Waals surface area contributed by atoms with E-state index in [2.05, 4.69) is 16.8 Å². The summed E-state index contributed by atoms with van der Waals surface area (Å²) < 4.78 is 5.36. The molecule has 1 N–H and O–H groups in total. The van der Waals surface area contributed by atoms with Crippen LogP contribution < -0.4 is 0 Å². The van der Waals surface area contributed by atoms with Gasteiger partial charge in [0.15, 0.2) is 0 Å². The summed E-state index contributed by atoms with van der Waals surface area (Å²) in [5, 5.41) is 8.55. The molecule has 0 aromatic carbocycles. The highest BCUT2D eigenvalue weighted by Crippen LogP contribution is 2.12. The Balaban J connectivity index is 2.01. The molecular weight excluding hydrogens is 280 g/mol. The van der Waals surface area contributed by atoms with Crippen molar-refractivity contribution < 1.29 is 14.6 Å². The van der Waals surface area contributed by atoms with E-state index in [0.717, 1.165) is 26.1 Å². The van der Waals surface area contributed by atoms with Gasteiger partial charge in [-0.25, -0.2) is 0 Å². The number of aliphatic carboxylic acids is 1. The van der Waals surface area contributed by atoms with Crippen molar-refractivity contribution in [3.8, 4) is 0 Å². The molecule has 0 spiro atoms. The molecule has 22 heavy (non-hydrogen) atoms. The van der Waals surface area contributed by atoms with Gasteiger partial charge in [0.25, 0.3) is 0 Å². The Labute approximate surface area is 134 Å². The highest BCUT2D eigenvalue weighted by Gasteiger charge is 2.15. The smallest absolute Gasteiger partial charge is 0.305 e. The van der Waals surface area contributed by atoms with E-state index in [0.29, 0.717) is 13.2 Å². The van der Waals surface area contributed by atoms with Crippen LogP contribution >= 0.6 is 0 Å². The zero-order valence-corrected chi connectivity index (χ0v) is 14.1. The third-order valence-electron chi connectivity index (χ3n) is 4.00. The second-order valence-electron chi connectivity index (χ2n) is 5.91. The molecule has 0 saturated heterocycles. The fourth-order valence-corrected chi connectivity index (χ4v) is 2.68. The minimum Gasteiger partial charge on any atom is -0.481 e. The minimum absolute atomic E-state index is 0.0823. The van der Waals surface area contributed by atoms with Crippen molar-refractivity contribution in [3.05, 3.63) is 0 Å². The summed E-state index contributed by atoms with van der Waals surface area (Å²) in [7, 11) is 0. The van der Waals surface area contributed by atoms with E-state index in [1.54, 1.807) is 0 Å². The Morgan fingerprint density at radius 2 is 1.91 bits per heavy atom. The first-order valence-corrected chi connectivity index (χ1v) is 8.82. The Morgan fingerprint density at radius 3 is 2.64 bits per heavy atom. The normalized spacial score (nSPS) is 14.4. The van der Waals surface area contributed by atoms with Crippen LogP contribution in [0.25, 0.3) is 0 Å². The van der Waals surface area contributed by atoms with Gasteiger partial charge in [-0.15, -0.1) is 0 Å². The molecule has 5 nitrogen and oxygen atoms in total. The molecule has 0 aliphatic carbocycles. The average molecular weight is 312 g/mol.